The van der Waals surface area contributed by atoms with Gasteiger partial charge in [-0.15, -0.1) is 5.10 Å². The first kappa shape index (κ1) is 21.5. The number of nitrogens with two attached hydrogens (primary N) is 1. The van der Waals surface area contributed by atoms with E-state index in [0.29, 0.717) is 12.2 Å². The molecule has 0 radical (unpaired) electrons. The van der Waals surface area contributed by atoms with E-state index >= 15 is 0 Å². The van der Waals surface area contributed by atoms with E-state index in [9.17, 15) is 4.79 Å². The Morgan fingerprint density at radius 3 is 2.81 bits per heavy atom. The maximum atomic E-state index is 13.2. The molecule has 178 valence electrons. The normalized spacial score (nSPS) is 12.9. The van der Waals surface area contributed by atoms with Crippen LogP contribution in [0.4, 0.5) is 11.5 Å². The van der Waals surface area contributed by atoms with Gasteiger partial charge in [0, 0.05) is 17.8 Å². The van der Waals surface area contributed by atoms with Crippen molar-refractivity contribution in [2.75, 3.05) is 17.2 Å². The number of rotatable bonds is 6. The summed E-state index contributed by atoms with van der Waals surface area (Å²) in [6.45, 7) is 1.14. The lowest BCUT2D eigenvalue weighted by Gasteiger charge is -2.19. The number of fused-ring (bicyclic) bond motifs is 2. The van der Waals surface area contributed by atoms with Crippen LogP contribution in [0, 0.1) is 0 Å². The molecule has 1 aliphatic heterocycles. The number of carbonyl (C=O) groups excluding carboxylic acids is 1. The van der Waals surface area contributed by atoms with Crippen LogP contribution in [0.25, 0.3) is 16.6 Å². The van der Waals surface area contributed by atoms with Gasteiger partial charge in [0.15, 0.2) is 5.69 Å². The Labute approximate surface area is 205 Å². The number of amides is 1. The first-order valence-electron chi connectivity index (χ1n) is 11.4. The number of anilines is 2. The molecule has 0 bridgehead atoms. The van der Waals surface area contributed by atoms with Crippen molar-refractivity contribution in [3.63, 3.8) is 0 Å². The average molecular weight is 480 g/mol. The predicted molar refractivity (Wildman–Crippen MR) is 134 cm³/mol. The van der Waals surface area contributed by atoms with Gasteiger partial charge in [0.25, 0.3) is 5.91 Å². The molecule has 11 heteroatoms. The highest BCUT2D eigenvalue weighted by Crippen LogP contribution is 2.30. The molecule has 1 aliphatic rings. The maximum Gasteiger partial charge on any atom is 0.293 e. The summed E-state index contributed by atoms with van der Waals surface area (Å²) in [5, 5.41) is 22.0. The highest BCUT2D eigenvalue weighted by Gasteiger charge is 2.28. The average Bonchev–Trinajstić information content (AvgIpc) is 3.63. The topological polar surface area (TPSA) is 140 Å². The van der Waals surface area contributed by atoms with Crippen molar-refractivity contribution in [3.8, 4) is 5.82 Å². The second kappa shape index (κ2) is 8.95. The van der Waals surface area contributed by atoms with Crippen LogP contribution in [-0.4, -0.2) is 44.0 Å². The smallest absolute Gasteiger partial charge is 0.293 e. The number of hydrazone groups is 1. The number of carbonyl (C=O) groups is 1. The van der Waals surface area contributed by atoms with E-state index in [2.05, 4.69) is 48.2 Å². The second-order valence-corrected chi connectivity index (χ2v) is 8.34. The van der Waals surface area contributed by atoms with Crippen molar-refractivity contribution in [2.24, 2.45) is 5.10 Å². The van der Waals surface area contributed by atoms with Crippen molar-refractivity contribution in [3.05, 3.63) is 89.2 Å². The number of nitrogen functional groups attached to an aromatic ring is 1. The van der Waals surface area contributed by atoms with E-state index in [-0.39, 0.29) is 17.3 Å². The lowest BCUT2D eigenvalue weighted by Crippen LogP contribution is -2.26. The first-order valence-corrected chi connectivity index (χ1v) is 11.4. The molecule has 3 heterocycles. The van der Waals surface area contributed by atoms with Gasteiger partial charge in [-0.3, -0.25) is 4.79 Å². The van der Waals surface area contributed by atoms with Crippen LogP contribution in [0.3, 0.4) is 0 Å². The van der Waals surface area contributed by atoms with Gasteiger partial charge in [-0.05, 0) is 39.1 Å². The molecule has 1 amide bonds. The summed E-state index contributed by atoms with van der Waals surface area (Å²) < 4.78 is 6.13. The van der Waals surface area contributed by atoms with Crippen LogP contribution >= 0.6 is 0 Å². The minimum atomic E-state index is -0.504. The third-order valence-corrected chi connectivity index (χ3v) is 6.19. The Balaban J connectivity index is 1.30. The standard InChI is InChI=1S/C25H21N9O2/c26-23-24(31-36-30-23)34-21(15-33-13-12-17-7-2-4-11-20(17)33)22(28-32-34)25(35)29-27-14-18-9-5-8-16-6-1-3-10-19(16)18/h1-11,14H,12-13,15H2,(H2,26,30)(H,29,35)/b27-14+. The Hall–Kier alpha value is -5.06. The van der Waals surface area contributed by atoms with Crippen LogP contribution in [-0.2, 0) is 13.0 Å². The zero-order valence-corrected chi connectivity index (χ0v) is 19.1. The fourth-order valence-corrected chi connectivity index (χ4v) is 4.46. The molecule has 0 aliphatic carbocycles. The molecule has 3 N–H and O–H groups in total. The number of hydrogen-bond donors (Lipinski definition) is 2. The highest BCUT2D eigenvalue weighted by molar-refractivity contribution is 6.00. The molecule has 36 heavy (non-hydrogen) atoms. The molecule has 0 unspecified atom stereocenters. The lowest BCUT2D eigenvalue weighted by molar-refractivity contribution is 0.0949. The highest BCUT2D eigenvalue weighted by atomic mass is 16.6. The molecule has 5 aromatic rings. The monoisotopic (exact) mass is 479 g/mol. The summed E-state index contributed by atoms with van der Waals surface area (Å²) in [7, 11) is 0. The molecule has 6 rings (SSSR count). The van der Waals surface area contributed by atoms with Crippen molar-refractivity contribution in [2.45, 2.75) is 13.0 Å². The molecule has 3 aromatic carbocycles. The minimum Gasteiger partial charge on any atom is -0.378 e. The molecular weight excluding hydrogens is 458 g/mol. The van der Waals surface area contributed by atoms with Gasteiger partial charge in [-0.1, -0.05) is 65.9 Å². The zero-order valence-electron chi connectivity index (χ0n) is 19.1. The number of hydrogen-bond acceptors (Lipinski definition) is 9. The molecule has 0 saturated heterocycles. The van der Waals surface area contributed by atoms with Gasteiger partial charge in [0.2, 0.25) is 11.6 Å². The summed E-state index contributed by atoms with van der Waals surface area (Å²) in [6.07, 6.45) is 2.52. The Morgan fingerprint density at radius 1 is 1.08 bits per heavy atom. The SMILES string of the molecule is Nc1nonc1-n1nnc(C(=O)N/N=C/c2cccc3ccccc23)c1CN1CCc2ccccc21. The van der Waals surface area contributed by atoms with E-state index < -0.39 is 5.91 Å². The summed E-state index contributed by atoms with van der Waals surface area (Å²) in [6, 6.07) is 22.0. The van der Waals surface area contributed by atoms with E-state index in [1.807, 2.05) is 54.6 Å². The lowest BCUT2D eigenvalue weighted by atomic mass is 10.1. The van der Waals surface area contributed by atoms with Crippen LogP contribution in [0.1, 0.15) is 27.3 Å². The Kier molecular flexibility index (Phi) is 5.34. The molecule has 2 aromatic heterocycles. The Morgan fingerprint density at radius 2 is 1.92 bits per heavy atom. The zero-order chi connectivity index (χ0) is 24.5. The molecule has 11 nitrogen and oxygen atoms in total. The van der Waals surface area contributed by atoms with Gasteiger partial charge < -0.3 is 10.6 Å². The van der Waals surface area contributed by atoms with Crippen molar-refractivity contribution in [1.29, 1.82) is 0 Å². The van der Waals surface area contributed by atoms with Gasteiger partial charge in [-0.25, -0.2) is 10.1 Å². The molecule has 0 saturated carbocycles. The van der Waals surface area contributed by atoms with Crippen molar-refractivity contribution >= 4 is 34.4 Å². The summed E-state index contributed by atoms with van der Waals surface area (Å²) >= 11 is 0. The fraction of sp³-hybridized carbons (Fsp3) is 0.120. The molecule has 0 spiro atoms. The quantitative estimate of drug-likeness (QED) is 0.280. The third kappa shape index (κ3) is 3.82. The molecule has 0 atom stereocenters. The van der Waals surface area contributed by atoms with Gasteiger partial charge in [-0.2, -0.15) is 9.78 Å². The number of aromatic nitrogens is 5. The van der Waals surface area contributed by atoms with E-state index in [4.69, 9.17) is 10.4 Å². The van der Waals surface area contributed by atoms with Crippen LogP contribution in [0.15, 0.2) is 76.5 Å². The third-order valence-electron chi connectivity index (χ3n) is 6.19. The number of nitrogens with one attached hydrogen (secondary N) is 1. The van der Waals surface area contributed by atoms with Gasteiger partial charge >= 0.3 is 0 Å². The van der Waals surface area contributed by atoms with Crippen molar-refractivity contribution in [1.82, 2.24) is 30.7 Å². The van der Waals surface area contributed by atoms with E-state index in [1.54, 1.807) is 6.21 Å². The molecule has 0 fully saturated rings. The van der Waals surface area contributed by atoms with Crippen LogP contribution in [0.5, 0.6) is 0 Å². The van der Waals surface area contributed by atoms with Crippen molar-refractivity contribution < 1.29 is 9.42 Å². The number of para-hydroxylation sites is 1. The predicted octanol–water partition coefficient (Wildman–Crippen LogP) is 2.71. The van der Waals surface area contributed by atoms with Gasteiger partial charge in [0.05, 0.1) is 18.5 Å². The first-order chi connectivity index (χ1) is 17.7. The largest absolute Gasteiger partial charge is 0.378 e. The van der Waals surface area contributed by atoms with Gasteiger partial charge in [0.1, 0.15) is 0 Å². The maximum absolute atomic E-state index is 13.2. The van der Waals surface area contributed by atoms with Crippen LogP contribution < -0.4 is 16.1 Å². The fourth-order valence-electron chi connectivity index (χ4n) is 4.46. The summed E-state index contributed by atoms with van der Waals surface area (Å²) in [5.41, 5.74) is 12.3. The Bertz CT molecular complexity index is 1600. The number of benzene rings is 3. The second-order valence-electron chi connectivity index (χ2n) is 8.34. The van der Waals surface area contributed by atoms with Crippen LogP contribution in [0.2, 0.25) is 0 Å². The number of nitrogens with zero attached hydrogens (tertiary/aromatic N) is 7. The van der Waals surface area contributed by atoms with E-state index in [0.717, 1.165) is 35.0 Å². The summed E-state index contributed by atoms with van der Waals surface area (Å²) in [5.74, 6) is -0.289. The minimum absolute atomic E-state index is 0.0453. The summed E-state index contributed by atoms with van der Waals surface area (Å²) in [4.78, 5) is 15.3. The molecular formula is C25H21N9O2. The van der Waals surface area contributed by atoms with E-state index in [1.165, 1.54) is 10.2 Å².